The van der Waals surface area contributed by atoms with Gasteiger partial charge in [-0.2, -0.15) is 0 Å². The Morgan fingerprint density at radius 2 is 2.10 bits per heavy atom. The summed E-state index contributed by atoms with van der Waals surface area (Å²) in [4.78, 5) is 11.6. The lowest BCUT2D eigenvalue weighted by atomic mass is 9.82. The van der Waals surface area contributed by atoms with Gasteiger partial charge in [-0.3, -0.25) is 4.79 Å². The van der Waals surface area contributed by atoms with Crippen LogP contribution in [0.5, 0.6) is 0 Å². The summed E-state index contributed by atoms with van der Waals surface area (Å²) in [7, 11) is 0. The van der Waals surface area contributed by atoms with Crippen LogP contribution in [0.15, 0.2) is 30.9 Å². The molecule has 0 atom stereocenters. The SMILES string of the molecule is C=CCCC(=O)O[C@H]1CC[C@H](c2ccc(Cl)c(F)c2)CC1. The van der Waals surface area contributed by atoms with Gasteiger partial charge >= 0.3 is 5.97 Å². The second-order valence-electron chi connectivity index (χ2n) is 5.46. The highest BCUT2D eigenvalue weighted by Gasteiger charge is 2.25. The average molecular weight is 311 g/mol. The quantitative estimate of drug-likeness (QED) is 0.564. The van der Waals surface area contributed by atoms with Crippen LogP contribution in [0.1, 0.15) is 50.0 Å². The Morgan fingerprint density at radius 3 is 2.71 bits per heavy atom. The van der Waals surface area contributed by atoms with E-state index < -0.39 is 0 Å². The summed E-state index contributed by atoms with van der Waals surface area (Å²) in [5, 5.41) is 0.156. The van der Waals surface area contributed by atoms with Crippen LogP contribution in [0.2, 0.25) is 5.02 Å². The van der Waals surface area contributed by atoms with Crippen molar-refractivity contribution in [1.29, 1.82) is 0 Å². The predicted octanol–water partition coefficient (Wildman–Crippen LogP) is 5.01. The number of carbonyl (C=O) groups excluding carboxylic acids is 1. The molecule has 1 aromatic carbocycles. The van der Waals surface area contributed by atoms with E-state index in [0.29, 0.717) is 18.8 Å². The summed E-state index contributed by atoms with van der Waals surface area (Å²) < 4.78 is 18.9. The van der Waals surface area contributed by atoms with Crippen molar-refractivity contribution in [3.05, 3.63) is 47.3 Å². The predicted molar refractivity (Wildman–Crippen MR) is 81.9 cm³/mol. The van der Waals surface area contributed by atoms with Gasteiger partial charge < -0.3 is 4.74 Å². The lowest BCUT2D eigenvalue weighted by molar-refractivity contribution is -0.150. The summed E-state index contributed by atoms with van der Waals surface area (Å²) in [6.45, 7) is 3.59. The zero-order chi connectivity index (χ0) is 15.2. The molecule has 0 radical (unpaired) electrons. The van der Waals surface area contributed by atoms with Crippen LogP contribution in [-0.4, -0.2) is 12.1 Å². The fourth-order valence-corrected chi connectivity index (χ4v) is 2.86. The van der Waals surface area contributed by atoms with E-state index in [1.165, 1.54) is 6.07 Å². The van der Waals surface area contributed by atoms with Gasteiger partial charge in [0.05, 0.1) is 5.02 Å². The van der Waals surface area contributed by atoms with Crippen LogP contribution in [0.4, 0.5) is 4.39 Å². The average Bonchev–Trinajstić information content (AvgIpc) is 2.49. The Kier molecular flexibility index (Phi) is 5.80. The van der Waals surface area contributed by atoms with Crippen LogP contribution >= 0.6 is 11.6 Å². The molecule has 114 valence electrons. The van der Waals surface area contributed by atoms with Gasteiger partial charge in [-0.1, -0.05) is 23.7 Å². The molecule has 0 saturated heterocycles. The Morgan fingerprint density at radius 1 is 1.38 bits per heavy atom. The topological polar surface area (TPSA) is 26.3 Å². The maximum atomic E-state index is 13.5. The molecule has 0 spiro atoms. The van der Waals surface area contributed by atoms with E-state index >= 15 is 0 Å². The molecule has 1 aliphatic rings. The van der Waals surface area contributed by atoms with Gasteiger partial charge in [-0.15, -0.1) is 6.58 Å². The van der Waals surface area contributed by atoms with Crippen molar-refractivity contribution in [2.45, 2.75) is 50.5 Å². The van der Waals surface area contributed by atoms with Gasteiger partial charge in [0.25, 0.3) is 0 Å². The van der Waals surface area contributed by atoms with Gasteiger partial charge in [0.15, 0.2) is 0 Å². The molecule has 0 N–H and O–H groups in total. The van der Waals surface area contributed by atoms with E-state index in [1.54, 1.807) is 12.1 Å². The highest BCUT2D eigenvalue weighted by Crippen LogP contribution is 2.35. The minimum atomic E-state index is -0.368. The largest absolute Gasteiger partial charge is 0.462 e. The molecule has 0 aliphatic heterocycles. The Hall–Kier alpha value is -1.35. The van der Waals surface area contributed by atoms with Gasteiger partial charge in [-0.05, 0) is 55.7 Å². The number of allylic oxidation sites excluding steroid dienone is 1. The second-order valence-corrected chi connectivity index (χ2v) is 5.87. The molecule has 1 aliphatic carbocycles. The first-order valence-corrected chi connectivity index (χ1v) is 7.73. The molecule has 2 nitrogen and oxygen atoms in total. The molecule has 1 saturated carbocycles. The molecule has 1 fully saturated rings. The normalized spacial score (nSPS) is 21.8. The number of carbonyl (C=O) groups is 1. The van der Waals surface area contributed by atoms with Crippen molar-refractivity contribution in [1.82, 2.24) is 0 Å². The monoisotopic (exact) mass is 310 g/mol. The molecular weight excluding hydrogens is 291 g/mol. The van der Waals surface area contributed by atoms with Crippen LogP contribution in [0.3, 0.4) is 0 Å². The Bertz CT molecular complexity index is 508. The lowest BCUT2D eigenvalue weighted by Gasteiger charge is -2.28. The highest BCUT2D eigenvalue weighted by molar-refractivity contribution is 6.30. The first-order valence-electron chi connectivity index (χ1n) is 7.35. The van der Waals surface area contributed by atoms with Gasteiger partial charge in [0, 0.05) is 6.42 Å². The summed E-state index contributed by atoms with van der Waals surface area (Å²) in [6, 6.07) is 5.00. The molecule has 2 rings (SSSR count). The second kappa shape index (κ2) is 7.60. The Balaban J connectivity index is 1.84. The summed E-state index contributed by atoms with van der Waals surface area (Å²) in [5.74, 6) is -0.206. The van der Waals surface area contributed by atoms with Crippen molar-refractivity contribution >= 4 is 17.6 Å². The van der Waals surface area contributed by atoms with E-state index in [1.807, 2.05) is 6.07 Å². The molecule has 21 heavy (non-hydrogen) atoms. The summed E-state index contributed by atoms with van der Waals surface area (Å²) >= 11 is 5.70. The smallest absolute Gasteiger partial charge is 0.306 e. The minimum absolute atomic E-state index is 0.00397. The van der Waals surface area contributed by atoms with Crippen LogP contribution in [-0.2, 0) is 9.53 Å². The zero-order valence-corrected chi connectivity index (χ0v) is 12.7. The zero-order valence-electron chi connectivity index (χ0n) is 12.0. The molecular formula is C17H20ClFO2. The third-order valence-corrected chi connectivity index (χ3v) is 4.25. The van der Waals surface area contributed by atoms with Crippen molar-refractivity contribution in [2.24, 2.45) is 0 Å². The first-order chi connectivity index (χ1) is 10.1. The van der Waals surface area contributed by atoms with E-state index in [9.17, 15) is 9.18 Å². The van der Waals surface area contributed by atoms with E-state index in [0.717, 1.165) is 31.2 Å². The fraction of sp³-hybridized carbons (Fsp3) is 0.471. The number of hydrogen-bond acceptors (Lipinski definition) is 2. The van der Waals surface area contributed by atoms with E-state index in [4.69, 9.17) is 16.3 Å². The summed E-state index contributed by atoms with van der Waals surface area (Å²) in [5.41, 5.74) is 0.980. The maximum absolute atomic E-state index is 13.5. The molecule has 0 unspecified atom stereocenters. The van der Waals surface area contributed by atoms with Crippen molar-refractivity contribution in [3.63, 3.8) is 0 Å². The van der Waals surface area contributed by atoms with Crippen LogP contribution < -0.4 is 0 Å². The number of benzene rings is 1. The highest BCUT2D eigenvalue weighted by atomic mass is 35.5. The molecule has 0 heterocycles. The van der Waals surface area contributed by atoms with Gasteiger partial charge in [0.1, 0.15) is 11.9 Å². The molecule has 1 aromatic rings. The molecule has 4 heteroatoms. The number of rotatable bonds is 5. The standard InChI is InChI=1S/C17H20ClFO2/c1-2-3-4-17(20)21-14-8-5-12(6-9-14)13-7-10-15(18)16(19)11-13/h2,7,10-12,14H,1,3-6,8-9H2/t12-,14-. The van der Waals surface area contributed by atoms with E-state index in [2.05, 4.69) is 6.58 Å². The van der Waals surface area contributed by atoms with Gasteiger partial charge in [0.2, 0.25) is 0 Å². The summed E-state index contributed by atoms with van der Waals surface area (Å²) in [6.07, 6.45) is 6.22. The number of ether oxygens (including phenoxy) is 1. The number of esters is 1. The van der Waals surface area contributed by atoms with Crippen molar-refractivity contribution < 1.29 is 13.9 Å². The third-order valence-electron chi connectivity index (χ3n) is 3.94. The van der Waals surface area contributed by atoms with Crippen molar-refractivity contribution in [2.75, 3.05) is 0 Å². The van der Waals surface area contributed by atoms with Gasteiger partial charge in [-0.25, -0.2) is 4.39 Å². The number of halogens is 2. The minimum Gasteiger partial charge on any atom is -0.462 e. The Labute approximate surface area is 129 Å². The molecule has 0 amide bonds. The first kappa shape index (κ1) is 16.0. The molecule has 0 aromatic heterocycles. The third kappa shape index (κ3) is 4.57. The molecule has 0 bridgehead atoms. The maximum Gasteiger partial charge on any atom is 0.306 e. The van der Waals surface area contributed by atoms with Crippen LogP contribution in [0.25, 0.3) is 0 Å². The van der Waals surface area contributed by atoms with Crippen LogP contribution in [0, 0.1) is 5.82 Å². The van der Waals surface area contributed by atoms with Crippen molar-refractivity contribution in [3.8, 4) is 0 Å². The number of hydrogen-bond donors (Lipinski definition) is 0. The van der Waals surface area contributed by atoms with E-state index in [-0.39, 0.29) is 22.9 Å². The lowest BCUT2D eigenvalue weighted by Crippen LogP contribution is -2.23. The fourth-order valence-electron chi connectivity index (χ4n) is 2.75.